The SMILES string of the molecule is CNC(COC)CN1CCC(N2CCOCC2)C1. The third kappa shape index (κ3) is 3.90. The zero-order chi connectivity index (χ0) is 12.8. The fourth-order valence-electron chi connectivity index (χ4n) is 2.96. The Labute approximate surface area is 110 Å². The van der Waals surface area contributed by atoms with Crippen molar-refractivity contribution >= 4 is 0 Å². The number of hydrogen-bond donors (Lipinski definition) is 1. The normalized spacial score (nSPS) is 28.7. The Balaban J connectivity index is 1.73. The molecule has 1 N–H and O–H groups in total. The minimum atomic E-state index is 0.443. The van der Waals surface area contributed by atoms with Crippen LogP contribution in [-0.4, -0.2) is 88.6 Å². The van der Waals surface area contributed by atoms with Gasteiger partial charge < -0.3 is 19.7 Å². The average Bonchev–Trinajstić information content (AvgIpc) is 2.88. The summed E-state index contributed by atoms with van der Waals surface area (Å²) in [5.74, 6) is 0. The van der Waals surface area contributed by atoms with Crippen LogP contribution in [0.4, 0.5) is 0 Å². The molecule has 0 bridgehead atoms. The van der Waals surface area contributed by atoms with Gasteiger partial charge in [-0.2, -0.15) is 0 Å². The second-order valence-corrected chi connectivity index (χ2v) is 5.29. The van der Waals surface area contributed by atoms with E-state index in [0.29, 0.717) is 6.04 Å². The molecule has 0 aromatic heterocycles. The van der Waals surface area contributed by atoms with E-state index in [0.717, 1.165) is 45.5 Å². The van der Waals surface area contributed by atoms with Crippen LogP contribution in [0, 0.1) is 0 Å². The molecule has 0 spiro atoms. The molecule has 2 atom stereocenters. The van der Waals surface area contributed by atoms with Gasteiger partial charge in [-0.05, 0) is 20.0 Å². The summed E-state index contributed by atoms with van der Waals surface area (Å²) in [6.07, 6.45) is 1.30. The van der Waals surface area contributed by atoms with Crippen molar-refractivity contribution < 1.29 is 9.47 Å². The van der Waals surface area contributed by atoms with Gasteiger partial charge in [0.15, 0.2) is 0 Å². The summed E-state index contributed by atoms with van der Waals surface area (Å²) in [5, 5.41) is 3.32. The Kier molecular flexibility index (Phi) is 5.85. The smallest absolute Gasteiger partial charge is 0.0628 e. The maximum absolute atomic E-state index is 5.42. The zero-order valence-electron chi connectivity index (χ0n) is 11.7. The van der Waals surface area contributed by atoms with Crippen LogP contribution < -0.4 is 5.32 Å². The minimum Gasteiger partial charge on any atom is -0.383 e. The second kappa shape index (κ2) is 7.40. The largest absolute Gasteiger partial charge is 0.383 e. The first-order chi connectivity index (χ1) is 8.83. The van der Waals surface area contributed by atoms with Gasteiger partial charge in [0, 0.05) is 45.4 Å². The summed E-state index contributed by atoms with van der Waals surface area (Å²) in [4.78, 5) is 5.15. The van der Waals surface area contributed by atoms with E-state index < -0.39 is 0 Å². The van der Waals surface area contributed by atoms with Crippen LogP contribution in [0.3, 0.4) is 0 Å². The van der Waals surface area contributed by atoms with Gasteiger partial charge in [0.25, 0.3) is 0 Å². The lowest BCUT2D eigenvalue weighted by Gasteiger charge is -2.32. The first kappa shape index (κ1) is 14.2. The van der Waals surface area contributed by atoms with Crippen LogP contribution in [0.15, 0.2) is 0 Å². The van der Waals surface area contributed by atoms with E-state index in [4.69, 9.17) is 9.47 Å². The molecule has 2 heterocycles. The van der Waals surface area contributed by atoms with Crippen LogP contribution in [-0.2, 0) is 9.47 Å². The molecule has 106 valence electrons. The molecule has 2 rings (SSSR count). The summed E-state index contributed by atoms with van der Waals surface area (Å²) in [6, 6.07) is 1.17. The molecule has 0 aromatic carbocycles. The lowest BCUT2D eigenvalue weighted by Crippen LogP contribution is -2.46. The lowest BCUT2D eigenvalue weighted by molar-refractivity contribution is 0.0181. The maximum Gasteiger partial charge on any atom is 0.0628 e. The fourth-order valence-corrected chi connectivity index (χ4v) is 2.96. The van der Waals surface area contributed by atoms with Gasteiger partial charge in [-0.3, -0.25) is 4.90 Å². The minimum absolute atomic E-state index is 0.443. The van der Waals surface area contributed by atoms with Gasteiger partial charge in [-0.25, -0.2) is 0 Å². The number of morpholine rings is 1. The van der Waals surface area contributed by atoms with Crippen molar-refractivity contribution in [2.75, 3.05) is 66.7 Å². The number of ether oxygens (including phenoxy) is 2. The van der Waals surface area contributed by atoms with Gasteiger partial charge >= 0.3 is 0 Å². The number of rotatable bonds is 6. The molecule has 18 heavy (non-hydrogen) atoms. The topological polar surface area (TPSA) is 37.0 Å². The highest BCUT2D eigenvalue weighted by molar-refractivity contribution is 4.86. The first-order valence-electron chi connectivity index (χ1n) is 7.04. The molecule has 0 radical (unpaired) electrons. The number of likely N-dealkylation sites (tertiary alicyclic amines) is 1. The Bertz CT molecular complexity index is 234. The summed E-state index contributed by atoms with van der Waals surface area (Å²) in [6.45, 7) is 8.29. The summed E-state index contributed by atoms with van der Waals surface area (Å²) in [5.41, 5.74) is 0. The van der Waals surface area contributed by atoms with E-state index in [1.54, 1.807) is 7.11 Å². The Morgan fingerprint density at radius 1 is 1.33 bits per heavy atom. The number of hydrogen-bond acceptors (Lipinski definition) is 5. The van der Waals surface area contributed by atoms with Crippen LogP contribution in [0.2, 0.25) is 0 Å². The predicted molar refractivity (Wildman–Crippen MR) is 72.0 cm³/mol. The molecule has 5 heteroatoms. The fraction of sp³-hybridized carbons (Fsp3) is 1.00. The molecule has 2 saturated heterocycles. The Morgan fingerprint density at radius 2 is 2.11 bits per heavy atom. The van der Waals surface area contributed by atoms with Crippen molar-refractivity contribution in [3.63, 3.8) is 0 Å². The van der Waals surface area contributed by atoms with Gasteiger partial charge in [0.2, 0.25) is 0 Å². The van der Waals surface area contributed by atoms with Crippen molar-refractivity contribution in [3.05, 3.63) is 0 Å². The number of nitrogens with zero attached hydrogens (tertiary/aromatic N) is 2. The Morgan fingerprint density at radius 3 is 2.78 bits per heavy atom. The number of nitrogens with one attached hydrogen (secondary N) is 1. The van der Waals surface area contributed by atoms with Gasteiger partial charge in [0.05, 0.1) is 19.8 Å². The van der Waals surface area contributed by atoms with E-state index in [1.165, 1.54) is 19.5 Å². The maximum atomic E-state index is 5.42. The highest BCUT2D eigenvalue weighted by atomic mass is 16.5. The van der Waals surface area contributed by atoms with Crippen molar-refractivity contribution in [1.82, 2.24) is 15.1 Å². The monoisotopic (exact) mass is 257 g/mol. The van der Waals surface area contributed by atoms with E-state index >= 15 is 0 Å². The van der Waals surface area contributed by atoms with Crippen molar-refractivity contribution in [1.29, 1.82) is 0 Å². The first-order valence-corrected chi connectivity index (χ1v) is 7.04. The molecule has 2 aliphatic heterocycles. The zero-order valence-corrected chi connectivity index (χ0v) is 11.7. The molecule has 2 unspecified atom stereocenters. The van der Waals surface area contributed by atoms with Crippen molar-refractivity contribution in [2.24, 2.45) is 0 Å². The van der Waals surface area contributed by atoms with Crippen molar-refractivity contribution in [2.45, 2.75) is 18.5 Å². The quantitative estimate of drug-likeness (QED) is 0.702. The van der Waals surface area contributed by atoms with E-state index in [9.17, 15) is 0 Å². The van der Waals surface area contributed by atoms with Gasteiger partial charge in [-0.1, -0.05) is 0 Å². The third-order valence-electron chi connectivity index (χ3n) is 4.06. The standard InChI is InChI=1S/C13H27N3O2/c1-14-12(11-17-2)9-15-4-3-13(10-15)16-5-7-18-8-6-16/h12-14H,3-11H2,1-2H3. The van der Waals surface area contributed by atoms with E-state index in [-0.39, 0.29) is 0 Å². The predicted octanol–water partition coefficient (Wildman–Crippen LogP) is -0.373. The summed E-state index contributed by atoms with van der Waals surface area (Å²) < 4.78 is 10.7. The third-order valence-corrected chi connectivity index (χ3v) is 4.06. The molecule has 2 fully saturated rings. The van der Waals surface area contributed by atoms with Gasteiger partial charge in [-0.15, -0.1) is 0 Å². The number of likely N-dealkylation sites (N-methyl/N-ethyl adjacent to an activating group) is 1. The van der Waals surface area contributed by atoms with Crippen LogP contribution in [0.5, 0.6) is 0 Å². The van der Waals surface area contributed by atoms with Crippen molar-refractivity contribution in [3.8, 4) is 0 Å². The summed E-state index contributed by atoms with van der Waals surface area (Å²) >= 11 is 0. The molecular formula is C13H27N3O2. The molecule has 0 aromatic rings. The van der Waals surface area contributed by atoms with E-state index in [2.05, 4.69) is 15.1 Å². The lowest BCUT2D eigenvalue weighted by atomic mass is 10.2. The molecule has 0 amide bonds. The highest BCUT2D eigenvalue weighted by Crippen LogP contribution is 2.17. The van der Waals surface area contributed by atoms with Crippen LogP contribution in [0.25, 0.3) is 0 Å². The molecule has 5 nitrogen and oxygen atoms in total. The molecule has 2 aliphatic rings. The Hall–Kier alpha value is -0.200. The summed E-state index contributed by atoms with van der Waals surface area (Å²) in [7, 11) is 3.78. The van der Waals surface area contributed by atoms with Crippen LogP contribution in [0.1, 0.15) is 6.42 Å². The average molecular weight is 257 g/mol. The molecule has 0 saturated carbocycles. The van der Waals surface area contributed by atoms with Crippen LogP contribution >= 0.6 is 0 Å². The highest BCUT2D eigenvalue weighted by Gasteiger charge is 2.29. The van der Waals surface area contributed by atoms with Gasteiger partial charge in [0.1, 0.15) is 0 Å². The molecule has 0 aliphatic carbocycles. The molecular weight excluding hydrogens is 230 g/mol. The van der Waals surface area contributed by atoms with E-state index in [1.807, 2.05) is 7.05 Å². The second-order valence-electron chi connectivity index (χ2n) is 5.29. The number of methoxy groups -OCH3 is 1.